The molecule has 1 aliphatic rings. The molecule has 3 amide bonds. The Hall–Kier alpha value is -3.26. The molecule has 0 unspecified atom stereocenters. The third-order valence-electron chi connectivity index (χ3n) is 4.35. The van der Waals surface area contributed by atoms with E-state index >= 15 is 0 Å². The van der Waals surface area contributed by atoms with Crippen molar-refractivity contribution < 1.29 is 19.1 Å². The van der Waals surface area contributed by atoms with Crippen LogP contribution in [-0.4, -0.2) is 40.8 Å². The van der Waals surface area contributed by atoms with Crippen molar-refractivity contribution in [3.8, 4) is 5.75 Å². The number of benzene rings is 2. The van der Waals surface area contributed by atoms with Gasteiger partial charge in [0.2, 0.25) is 11.8 Å². The maximum Gasteiger partial charge on any atom is 0.261 e. The van der Waals surface area contributed by atoms with Crippen LogP contribution in [0.3, 0.4) is 0 Å². The smallest absolute Gasteiger partial charge is 0.261 e. The summed E-state index contributed by atoms with van der Waals surface area (Å²) in [4.78, 5) is 42.6. The van der Waals surface area contributed by atoms with Gasteiger partial charge < -0.3 is 10.1 Å². The molecule has 0 saturated heterocycles. The zero-order chi connectivity index (χ0) is 19.7. The molecule has 8 heteroatoms. The van der Waals surface area contributed by atoms with E-state index in [-0.39, 0.29) is 18.9 Å². The zero-order valence-corrected chi connectivity index (χ0v) is 15.9. The summed E-state index contributed by atoms with van der Waals surface area (Å²) < 4.78 is 6.34. The molecule has 28 heavy (non-hydrogen) atoms. The lowest BCUT2D eigenvalue weighted by Gasteiger charge is -2.26. The van der Waals surface area contributed by atoms with Crippen molar-refractivity contribution in [2.24, 2.45) is 0 Å². The summed E-state index contributed by atoms with van der Waals surface area (Å²) in [5.41, 5.74) is 1.88. The lowest BCUT2D eigenvalue weighted by molar-refractivity contribution is -0.131. The van der Waals surface area contributed by atoms with E-state index in [1.54, 1.807) is 24.3 Å². The van der Waals surface area contributed by atoms with Crippen LogP contribution in [0, 0.1) is 0 Å². The molecule has 0 spiro atoms. The predicted octanol–water partition coefficient (Wildman–Crippen LogP) is 2.86. The second-order valence-corrected chi connectivity index (χ2v) is 7.28. The monoisotopic (exact) mass is 395 g/mol. The summed E-state index contributed by atoms with van der Waals surface area (Å²) in [6.45, 7) is 2.13. The van der Waals surface area contributed by atoms with Crippen LogP contribution in [0.15, 0.2) is 42.5 Å². The van der Waals surface area contributed by atoms with E-state index in [0.29, 0.717) is 22.9 Å². The summed E-state index contributed by atoms with van der Waals surface area (Å²) in [7, 11) is 0. The minimum Gasteiger partial charge on any atom is -0.494 e. The lowest BCUT2D eigenvalue weighted by Crippen LogP contribution is -2.46. The number of amides is 3. The van der Waals surface area contributed by atoms with Crippen molar-refractivity contribution in [1.82, 2.24) is 9.88 Å². The fraction of sp³-hybridized carbons (Fsp3) is 0.200. The summed E-state index contributed by atoms with van der Waals surface area (Å²) in [5.74, 6) is -0.568. The molecule has 1 N–H and O–H groups in total. The van der Waals surface area contributed by atoms with Gasteiger partial charge in [0.1, 0.15) is 12.3 Å². The number of aromatic nitrogens is 1. The van der Waals surface area contributed by atoms with Crippen molar-refractivity contribution in [2.45, 2.75) is 13.3 Å². The van der Waals surface area contributed by atoms with Crippen molar-refractivity contribution in [1.29, 1.82) is 0 Å². The fourth-order valence-electron chi connectivity index (χ4n) is 3.08. The molecule has 2 aromatic carbocycles. The Bertz CT molecular complexity index is 1090. The van der Waals surface area contributed by atoms with E-state index < -0.39 is 11.8 Å². The number of nitrogens with one attached hydrogen (secondary N) is 1. The number of hydrogen-bond acceptors (Lipinski definition) is 6. The van der Waals surface area contributed by atoms with Gasteiger partial charge in [-0.05, 0) is 36.8 Å². The third-order valence-corrected chi connectivity index (χ3v) is 5.29. The second kappa shape index (κ2) is 7.40. The average molecular weight is 395 g/mol. The first kappa shape index (κ1) is 18.1. The van der Waals surface area contributed by atoms with Crippen LogP contribution >= 0.6 is 11.3 Å². The van der Waals surface area contributed by atoms with E-state index in [2.05, 4.69) is 10.3 Å². The van der Waals surface area contributed by atoms with Gasteiger partial charge in [0.05, 0.1) is 23.2 Å². The molecule has 1 aliphatic heterocycles. The van der Waals surface area contributed by atoms with Crippen molar-refractivity contribution in [2.75, 3.05) is 18.5 Å². The predicted molar refractivity (Wildman–Crippen MR) is 106 cm³/mol. The molecule has 0 bridgehead atoms. The van der Waals surface area contributed by atoms with Gasteiger partial charge in [-0.25, -0.2) is 4.98 Å². The third kappa shape index (κ3) is 3.46. The van der Waals surface area contributed by atoms with Gasteiger partial charge in [-0.2, -0.15) is 0 Å². The van der Waals surface area contributed by atoms with E-state index in [9.17, 15) is 14.4 Å². The van der Waals surface area contributed by atoms with Crippen LogP contribution in [0.1, 0.15) is 22.8 Å². The maximum atomic E-state index is 12.6. The molecule has 1 aromatic heterocycles. The molecule has 0 fully saturated rings. The van der Waals surface area contributed by atoms with Gasteiger partial charge in [-0.1, -0.05) is 29.5 Å². The van der Waals surface area contributed by atoms with E-state index in [0.717, 1.165) is 20.9 Å². The van der Waals surface area contributed by atoms with Gasteiger partial charge in [-0.15, -0.1) is 0 Å². The lowest BCUT2D eigenvalue weighted by atomic mass is 9.98. The van der Waals surface area contributed by atoms with Gasteiger partial charge in [-0.3, -0.25) is 19.3 Å². The number of imide groups is 1. The highest BCUT2D eigenvalue weighted by atomic mass is 32.1. The Morgan fingerprint density at radius 1 is 1.25 bits per heavy atom. The minimum atomic E-state index is -0.467. The van der Waals surface area contributed by atoms with Crippen LogP contribution in [0.5, 0.6) is 5.75 Å². The molecule has 7 nitrogen and oxygen atoms in total. The fourth-order valence-corrected chi connectivity index (χ4v) is 3.99. The minimum absolute atomic E-state index is 0.108. The number of carbonyl (C=O) groups excluding carboxylic acids is 3. The van der Waals surface area contributed by atoms with E-state index in [4.69, 9.17) is 4.74 Å². The molecular formula is C20H17N3O4S. The Kier molecular flexibility index (Phi) is 4.79. The normalized spacial score (nSPS) is 13.5. The van der Waals surface area contributed by atoms with Crippen molar-refractivity contribution in [3.63, 3.8) is 0 Å². The van der Waals surface area contributed by atoms with Crippen LogP contribution in [0.4, 0.5) is 5.13 Å². The zero-order valence-electron chi connectivity index (χ0n) is 15.1. The first-order chi connectivity index (χ1) is 13.5. The highest BCUT2D eigenvalue weighted by molar-refractivity contribution is 7.22. The summed E-state index contributed by atoms with van der Waals surface area (Å²) in [6, 6.07) is 12.4. The number of rotatable bonds is 5. The Labute approximate surface area is 164 Å². The van der Waals surface area contributed by atoms with Crippen LogP contribution in [0.2, 0.25) is 0 Å². The Morgan fingerprint density at radius 2 is 2.07 bits per heavy atom. The quantitative estimate of drug-likeness (QED) is 0.671. The molecule has 0 saturated carbocycles. The first-order valence-corrected chi connectivity index (χ1v) is 9.62. The maximum absolute atomic E-state index is 12.6. The second-order valence-electron chi connectivity index (χ2n) is 6.25. The molecule has 4 rings (SSSR count). The molecule has 2 heterocycles. The SMILES string of the molecule is CCOc1ccc2nc(NC(=O)CN3C(=O)Cc4ccccc4C3=O)sc2c1. The summed E-state index contributed by atoms with van der Waals surface area (Å²) in [5, 5.41) is 3.09. The topological polar surface area (TPSA) is 88.6 Å². The summed E-state index contributed by atoms with van der Waals surface area (Å²) >= 11 is 1.31. The largest absolute Gasteiger partial charge is 0.494 e. The van der Waals surface area contributed by atoms with Crippen LogP contribution in [0.25, 0.3) is 10.2 Å². The highest BCUT2D eigenvalue weighted by Gasteiger charge is 2.32. The number of carbonyl (C=O) groups is 3. The number of nitrogens with zero attached hydrogens (tertiary/aromatic N) is 2. The number of anilines is 1. The number of hydrogen-bond donors (Lipinski definition) is 1. The highest BCUT2D eigenvalue weighted by Crippen LogP contribution is 2.29. The molecular weight excluding hydrogens is 378 g/mol. The van der Waals surface area contributed by atoms with E-state index in [1.807, 2.05) is 25.1 Å². The Morgan fingerprint density at radius 3 is 2.89 bits per heavy atom. The van der Waals surface area contributed by atoms with Gasteiger partial charge in [0, 0.05) is 5.56 Å². The first-order valence-electron chi connectivity index (χ1n) is 8.81. The van der Waals surface area contributed by atoms with Crippen LogP contribution < -0.4 is 10.1 Å². The molecule has 3 aromatic rings. The Balaban J connectivity index is 1.48. The van der Waals surface area contributed by atoms with Gasteiger partial charge >= 0.3 is 0 Å². The van der Waals surface area contributed by atoms with Crippen molar-refractivity contribution in [3.05, 3.63) is 53.6 Å². The van der Waals surface area contributed by atoms with E-state index in [1.165, 1.54) is 11.3 Å². The number of ether oxygens (including phenoxy) is 1. The number of thiazole rings is 1. The van der Waals surface area contributed by atoms with Crippen LogP contribution in [-0.2, 0) is 16.0 Å². The molecule has 142 valence electrons. The van der Waals surface area contributed by atoms with Gasteiger partial charge in [0.25, 0.3) is 5.91 Å². The standard InChI is InChI=1S/C20H17N3O4S/c1-2-27-13-7-8-15-16(10-13)28-20(21-15)22-17(24)11-23-18(25)9-12-5-3-4-6-14(12)19(23)26/h3-8,10H,2,9,11H2,1H3,(H,21,22,24). The summed E-state index contributed by atoms with van der Waals surface area (Å²) in [6.07, 6.45) is 0.108. The molecule has 0 atom stereocenters. The van der Waals surface area contributed by atoms with Gasteiger partial charge in [0.15, 0.2) is 5.13 Å². The average Bonchev–Trinajstić information content (AvgIpc) is 3.07. The number of fused-ring (bicyclic) bond motifs is 2. The molecule has 0 radical (unpaired) electrons. The molecule has 0 aliphatic carbocycles. The van der Waals surface area contributed by atoms with Crippen molar-refractivity contribution >= 4 is 44.4 Å².